The summed E-state index contributed by atoms with van der Waals surface area (Å²) in [5, 5.41) is 2.90. The third-order valence-corrected chi connectivity index (χ3v) is 6.49. The van der Waals surface area contributed by atoms with E-state index in [1.165, 1.54) is 54.9 Å². The second-order valence-corrected chi connectivity index (χ2v) is 9.52. The van der Waals surface area contributed by atoms with Crippen LogP contribution in [0.2, 0.25) is 10.0 Å². The SMILES string of the molecule is O=C1C(Cl)=C(Nc2ccc(S(=O)(=O)Nc3ncccn3)cc2)C(=O)N1c1cc(Cl)cc(Cl)c1. The molecule has 9 nitrogen and oxygen atoms in total. The number of amides is 2. The maximum atomic E-state index is 12.9. The van der Waals surface area contributed by atoms with Gasteiger partial charge < -0.3 is 5.32 Å². The number of hydrogen-bond donors (Lipinski definition) is 2. The fourth-order valence-electron chi connectivity index (χ4n) is 2.91. The van der Waals surface area contributed by atoms with Crippen LogP contribution in [-0.2, 0) is 19.6 Å². The Morgan fingerprint density at radius 3 is 2.06 bits per heavy atom. The van der Waals surface area contributed by atoms with Crippen molar-refractivity contribution in [3.63, 3.8) is 0 Å². The van der Waals surface area contributed by atoms with Gasteiger partial charge in [-0.25, -0.2) is 28.0 Å². The summed E-state index contributed by atoms with van der Waals surface area (Å²) in [6, 6.07) is 11.2. The van der Waals surface area contributed by atoms with Gasteiger partial charge in [0.2, 0.25) is 5.95 Å². The first-order chi connectivity index (χ1) is 15.7. The molecular formula is C20H12Cl3N5O4S. The van der Waals surface area contributed by atoms with E-state index >= 15 is 0 Å². The highest BCUT2D eigenvalue weighted by Crippen LogP contribution is 2.33. The van der Waals surface area contributed by atoms with Crippen molar-refractivity contribution in [1.29, 1.82) is 0 Å². The smallest absolute Gasteiger partial charge is 0.283 e. The minimum atomic E-state index is -3.94. The quantitative estimate of drug-likeness (QED) is 0.467. The van der Waals surface area contributed by atoms with Crippen LogP contribution < -0.4 is 14.9 Å². The van der Waals surface area contributed by atoms with E-state index in [-0.39, 0.29) is 37.3 Å². The van der Waals surface area contributed by atoms with Crippen molar-refractivity contribution in [2.75, 3.05) is 14.9 Å². The van der Waals surface area contributed by atoms with E-state index in [4.69, 9.17) is 34.8 Å². The molecule has 2 amide bonds. The Morgan fingerprint density at radius 1 is 0.848 bits per heavy atom. The molecule has 0 radical (unpaired) electrons. The Labute approximate surface area is 203 Å². The van der Waals surface area contributed by atoms with E-state index in [1.54, 1.807) is 6.07 Å². The molecule has 2 heterocycles. The van der Waals surface area contributed by atoms with Gasteiger partial charge in [0.25, 0.3) is 21.8 Å². The number of aromatic nitrogens is 2. The van der Waals surface area contributed by atoms with Crippen molar-refractivity contribution in [2.45, 2.75) is 4.90 Å². The average Bonchev–Trinajstić information content (AvgIpc) is 2.97. The highest BCUT2D eigenvalue weighted by atomic mass is 35.5. The topological polar surface area (TPSA) is 121 Å². The van der Waals surface area contributed by atoms with E-state index < -0.39 is 21.8 Å². The number of anilines is 3. The summed E-state index contributed by atoms with van der Waals surface area (Å²) in [5.74, 6) is -1.55. The summed E-state index contributed by atoms with van der Waals surface area (Å²) in [7, 11) is -3.94. The molecule has 1 aliphatic heterocycles. The van der Waals surface area contributed by atoms with Crippen LogP contribution in [0.4, 0.5) is 17.3 Å². The Morgan fingerprint density at radius 2 is 1.45 bits per heavy atom. The Balaban J connectivity index is 1.54. The fourth-order valence-corrected chi connectivity index (χ4v) is 4.59. The van der Waals surface area contributed by atoms with E-state index in [9.17, 15) is 18.0 Å². The molecule has 0 aliphatic carbocycles. The van der Waals surface area contributed by atoms with Crippen molar-refractivity contribution < 1.29 is 18.0 Å². The molecule has 168 valence electrons. The third kappa shape index (κ3) is 4.79. The molecule has 33 heavy (non-hydrogen) atoms. The minimum absolute atomic E-state index is 0.0652. The van der Waals surface area contributed by atoms with Crippen molar-refractivity contribution in [3.8, 4) is 0 Å². The lowest BCUT2D eigenvalue weighted by atomic mass is 10.3. The van der Waals surface area contributed by atoms with Crippen molar-refractivity contribution in [2.24, 2.45) is 0 Å². The first-order valence-electron chi connectivity index (χ1n) is 9.07. The number of sulfonamides is 1. The van der Waals surface area contributed by atoms with Gasteiger partial charge in [-0.3, -0.25) is 9.59 Å². The highest BCUT2D eigenvalue weighted by molar-refractivity contribution is 7.92. The lowest BCUT2D eigenvalue weighted by Gasteiger charge is -2.16. The van der Waals surface area contributed by atoms with Crippen molar-refractivity contribution >= 4 is 74.0 Å². The zero-order valence-corrected chi connectivity index (χ0v) is 19.4. The molecular weight excluding hydrogens is 513 g/mol. The molecule has 0 spiro atoms. The monoisotopic (exact) mass is 523 g/mol. The zero-order valence-electron chi connectivity index (χ0n) is 16.3. The molecule has 0 saturated heterocycles. The maximum Gasteiger partial charge on any atom is 0.283 e. The predicted octanol–water partition coefficient (Wildman–Crippen LogP) is 4.02. The van der Waals surface area contributed by atoms with Gasteiger partial charge >= 0.3 is 0 Å². The molecule has 4 rings (SSSR count). The molecule has 2 aromatic carbocycles. The van der Waals surface area contributed by atoms with Crippen LogP contribution in [0, 0.1) is 0 Å². The van der Waals surface area contributed by atoms with Crippen LogP contribution in [0.25, 0.3) is 0 Å². The van der Waals surface area contributed by atoms with Crippen LogP contribution in [0.3, 0.4) is 0 Å². The van der Waals surface area contributed by atoms with E-state index in [2.05, 4.69) is 20.0 Å². The molecule has 3 aromatic rings. The Hall–Kier alpha value is -3.18. The van der Waals surface area contributed by atoms with Crippen LogP contribution >= 0.6 is 34.8 Å². The van der Waals surface area contributed by atoms with Crippen LogP contribution in [0.1, 0.15) is 0 Å². The largest absolute Gasteiger partial charge is 0.350 e. The van der Waals surface area contributed by atoms with Crippen molar-refractivity contribution in [1.82, 2.24) is 9.97 Å². The van der Waals surface area contributed by atoms with Gasteiger partial charge in [0.15, 0.2) is 0 Å². The number of carbonyl (C=O) groups is 2. The molecule has 13 heteroatoms. The summed E-state index contributed by atoms with van der Waals surface area (Å²) >= 11 is 18.1. The number of benzene rings is 2. The van der Waals surface area contributed by atoms with Gasteiger partial charge in [0, 0.05) is 28.1 Å². The normalized spacial score (nSPS) is 14.1. The average molecular weight is 525 g/mol. The van der Waals surface area contributed by atoms with E-state index in [1.807, 2.05) is 0 Å². The lowest BCUT2D eigenvalue weighted by Crippen LogP contribution is -2.32. The molecule has 0 atom stereocenters. The van der Waals surface area contributed by atoms with E-state index in [0.29, 0.717) is 5.69 Å². The fraction of sp³-hybridized carbons (Fsp3) is 0. The van der Waals surface area contributed by atoms with Gasteiger partial charge in [0.05, 0.1) is 10.6 Å². The minimum Gasteiger partial charge on any atom is -0.350 e. The van der Waals surface area contributed by atoms with Crippen molar-refractivity contribution in [3.05, 3.63) is 81.7 Å². The second-order valence-electron chi connectivity index (χ2n) is 6.59. The van der Waals surface area contributed by atoms with Crippen LogP contribution in [-0.4, -0.2) is 30.2 Å². The number of hydrogen-bond acceptors (Lipinski definition) is 7. The van der Waals surface area contributed by atoms with Crippen LogP contribution in [0.5, 0.6) is 0 Å². The summed E-state index contributed by atoms with van der Waals surface area (Å²) in [6.45, 7) is 0. The molecule has 1 aliphatic rings. The van der Waals surface area contributed by atoms with Gasteiger partial charge in [-0.15, -0.1) is 0 Å². The first-order valence-corrected chi connectivity index (χ1v) is 11.7. The van der Waals surface area contributed by atoms with Gasteiger partial charge in [-0.1, -0.05) is 34.8 Å². The highest BCUT2D eigenvalue weighted by Gasteiger charge is 2.39. The number of nitrogens with zero attached hydrogens (tertiary/aromatic N) is 3. The van der Waals surface area contributed by atoms with Crippen LogP contribution in [0.15, 0.2) is 76.5 Å². The number of rotatable bonds is 6. The number of halogens is 3. The molecule has 0 saturated carbocycles. The Kier molecular flexibility index (Phi) is 6.26. The zero-order chi connectivity index (χ0) is 23.8. The lowest BCUT2D eigenvalue weighted by molar-refractivity contribution is -0.120. The second kappa shape index (κ2) is 8.99. The summed E-state index contributed by atoms with van der Waals surface area (Å²) in [6.07, 6.45) is 2.80. The van der Waals surface area contributed by atoms with E-state index in [0.717, 1.165) is 4.90 Å². The Bertz CT molecular complexity index is 1380. The third-order valence-electron chi connectivity index (χ3n) is 4.36. The molecule has 2 N–H and O–H groups in total. The summed E-state index contributed by atoms with van der Waals surface area (Å²) in [4.78, 5) is 33.9. The molecule has 0 unspecified atom stereocenters. The summed E-state index contributed by atoms with van der Waals surface area (Å²) < 4.78 is 27.2. The maximum absolute atomic E-state index is 12.9. The number of carbonyl (C=O) groups excluding carboxylic acids is 2. The van der Waals surface area contributed by atoms with Gasteiger partial charge in [-0.05, 0) is 48.5 Å². The van der Waals surface area contributed by atoms with Gasteiger partial charge in [-0.2, -0.15) is 0 Å². The molecule has 0 fully saturated rings. The number of nitrogens with one attached hydrogen (secondary N) is 2. The van der Waals surface area contributed by atoms with Gasteiger partial charge in [0.1, 0.15) is 10.7 Å². The predicted molar refractivity (Wildman–Crippen MR) is 125 cm³/mol. The molecule has 0 bridgehead atoms. The molecule has 1 aromatic heterocycles. The first kappa shape index (κ1) is 23.0. The standard InChI is InChI=1S/C20H12Cl3N5O4S/c21-11-8-12(22)10-14(9-11)28-18(29)16(23)17(19(28)30)26-13-2-4-15(5-3-13)33(31,32)27-20-24-6-1-7-25-20/h1-10,26H,(H,24,25,27). The number of imide groups is 1. The summed E-state index contributed by atoms with van der Waals surface area (Å²) in [5.41, 5.74) is 0.308.